The number of benzene rings is 9. The van der Waals surface area contributed by atoms with Crippen LogP contribution in [0.1, 0.15) is 0 Å². The quantitative estimate of drug-likeness (QED) is 0.169. The van der Waals surface area contributed by atoms with Crippen LogP contribution < -0.4 is 0 Å². The average molecular weight is 732 g/mol. The van der Waals surface area contributed by atoms with Gasteiger partial charge in [0.05, 0.1) is 5.56 Å². The normalized spacial score (nSPS) is 11.9. The second-order valence-corrected chi connectivity index (χ2v) is 15.4. The molecule has 3 heterocycles. The van der Waals surface area contributed by atoms with Gasteiger partial charge in [0, 0.05) is 42.1 Å². The monoisotopic (exact) mass is 731 g/mol. The van der Waals surface area contributed by atoms with E-state index in [9.17, 15) is 0 Å². The van der Waals surface area contributed by atoms with Crippen molar-refractivity contribution in [3.8, 4) is 45.3 Å². The molecule has 5 heteroatoms. The summed E-state index contributed by atoms with van der Waals surface area (Å²) in [5, 5.41) is 12.0. The molecule has 4 nitrogen and oxygen atoms in total. The minimum absolute atomic E-state index is 0.570. The fourth-order valence-electron chi connectivity index (χ4n) is 8.54. The van der Waals surface area contributed by atoms with Crippen LogP contribution in [0.25, 0.3) is 120 Å². The number of para-hydroxylation sites is 2. The highest BCUT2D eigenvalue weighted by molar-refractivity contribution is 7.26. The second-order valence-electron chi connectivity index (χ2n) is 14.3. The van der Waals surface area contributed by atoms with E-state index in [2.05, 4.69) is 133 Å². The molecule has 0 aliphatic carbocycles. The van der Waals surface area contributed by atoms with Crippen molar-refractivity contribution in [2.75, 3.05) is 0 Å². The van der Waals surface area contributed by atoms with Crippen LogP contribution >= 0.6 is 11.3 Å². The van der Waals surface area contributed by atoms with Crippen molar-refractivity contribution in [1.82, 2.24) is 15.0 Å². The lowest BCUT2D eigenvalue weighted by Crippen LogP contribution is -2.01. The predicted molar refractivity (Wildman–Crippen MR) is 234 cm³/mol. The Morgan fingerprint density at radius 3 is 1.70 bits per heavy atom. The van der Waals surface area contributed by atoms with Gasteiger partial charge in [-0.25, -0.2) is 15.0 Å². The minimum atomic E-state index is 0.570. The molecule has 0 atom stereocenters. The molecule has 0 bridgehead atoms. The molecule has 0 radical (unpaired) electrons. The molecular weight excluding hydrogens is 703 g/mol. The molecule has 0 amide bonds. The van der Waals surface area contributed by atoms with Gasteiger partial charge in [-0.05, 0) is 79.8 Å². The summed E-state index contributed by atoms with van der Waals surface area (Å²) < 4.78 is 8.92. The summed E-state index contributed by atoms with van der Waals surface area (Å²) in [5.41, 5.74) is 6.57. The van der Waals surface area contributed by atoms with Crippen LogP contribution in [0.4, 0.5) is 0 Å². The highest BCUT2D eigenvalue weighted by atomic mass is 32.1. The molecule has 12 aromatic rings. The second kappa shape index (κ2) is 12.2. The molecule has 0 saturated heterocycles. The summed E-state index contributed by atoms with van der Waals surface area (Å²) in [5.74, 6) is 1.80. The molecule has 9 aromatic carbocycles. The van der Waals surface area contributed by atoms with Gasteiger partial charge in [-0.3, -0.25) is 0 Å². The first-order chi connectivity index (χ1) is 27.7. The summed E-state index contributed by atoms with van der Waals surface area (Å²) in [4.78, 5) is 15.7. The zero-order valence-corrected chi connectivity index (χ0v) is 30.7. The molecular formula is C51H29N3OS. The smallest absolute Gasteiger partial charge is 0.167 e. The first kappa shape index (κ1) is 31.2. The topological polar surface area (TPSA) is 51.8 Å². The van der Waals surface area contributed by atoms with E-state index in [0.717, 1.165) is 55.1 Å². The molecule has 0 aliphatic heterocycles. The highest BCUT2D eigenvalue weighted by Crippen LogP contribution is 2.44. The Labute approximate surface area is 325 Å². The molecule has 0 aliphatic rings. The van der Waals surface area contributed by atoms with Crippen molar-refractivity contribution in [3.05, 3.63) is 176 Å². The van der Waals surface area contributed by atoms with Crippen LogP contribution in [-0.4, -0.2) is 15.0 Å². The Hall–Kier alpha value is -7.21. The van der Waals surface area contributed by atoms with E-state index in [4.69, 9.17) is 19.4 Å². The Bertz CT molecular complexity index is 3510. The van der Waals surface area contributed by atoms with Crippen LogP contribution in [-0.2, 0) is 0 Å². The van der Waals surface area contributed by atoms with E-state index in [1.54, 1.807) is 11.3 Å². The molecule has 260 valence electrons. The van der Waals surface area contributed by atoms with E-state index in [1.165, 1.54) is 47.1 Å². The van der Waals surface area contributed by atoms with Crippen LogP contribution in [0.15, 0.2) is 180 Å². The van der Waals surface area contributed by atoms with Gasteiger partial charge >= 0.3 is 0 Å². The predicted octanol–water partition coefficient (Wildman–Crippen LogP) is 14.3. The van der Waals surface area contributed by atoms with Gasteiger partial charge in [0.2, 0.25) is 0 Å². The van der Waals surface area contributed by atoms with Gasteiger partial charge in [0.25, 0.3) is 0 Å². The van der Waals surface area contributed by atoms with Gasteiger partial charge in [0.15, 0.2) is 17.5 Å². The number of rotatable bonds is 4. The van der Waals surface area contributed by atoms with Gasteiger partial charge < -0.3 is 4.42 Å². The minimum Gasteiger partial charge on any atom is -0.455 e. The summed E-state index contributed by atoms with van der Waals surface area (Å²) in [6.07, 6.45) is 0. The fraction of sp³-hybridized carbons (Fsp3) is 0. The Morgan fingerprint density at radius 2 is 0.929 bits per heavy atom. The number of aromatic nitrogens is 3. The van der Waals surface area contributed by atoms with Crippen molar-refractivity contribution >= 4 is 85.8 Å². The Balaban J connectivity index is 1.14. The lowest BCUT2D eigenvalue weighted by atomic mass is 9.91. The first-order valence-electron chi connectivity index (χ1n) is 18.8. The van der Waals surface area contributed by atoms with E-state index in [-0.39, 0.29) is 0 Å². The van der Waals surface area contributed by atoms with E-state index < -0.39 is 0 Å². The van der Waals surface area contributed by atoms with Crippen molar-refractivity contribution in [1.29, 1.82) is 0 Å². The number of hydrogen-bond acceptors (Lipinski definition) is 5. The third-order valence-electron chi connectivity index (χ3n) is 11.1. The maximum atomic E-state index is 6.52. The van der Waals surface area contributed by atoms with E-state index in [0.29, 0.717) is 17.5 Å². The molecule has 56 heavy (non-hydrogen) atoms. The number of furan rings is 1. The third kappa shape index (κ3) is 4.75. The number of nitrogens with zero attached hydrogens (tertiary/aromatic N) is 3. The molecule has 0 spiro atoms. The number of hydrogen-bond donors (Lipinski definition) is 0. The van der Waals surface area contributed by atoms with E-state index >= 15 is 0 Å². The zero-order chi connectivity index (χ0) is 36.7. The van der Waals surface area contributed by atoms with Crippen LogP contribution in [0.5, 0.6) is 0 Å². The lowest BCUT2D eigenvalue weighted by Gasteiger charge is -2.14. The Morgan fingerprint density at radius 1 is 0.339 bits per heavy atom. The zero-order valence-electron chi connectivity index (χ0n) is 29.9. The fourth-order valence-corrected chi connectivity index (χ4v) is 9.71. The molecule has 12 rings (SSSR count). The number of fused-ring (bicyclic) bond motifs is 12. The molecule has 0 fully saturated rings. The van der Waals surface area contributed by atoms with Gasteiger partial charge in [-0.2, -0.15) is 0 Å². The van der Waals surface area contributed by atoms with Gasteiger partial charge in [0.1, 0.15) is 11.2 Å². The molecule has 0 saturated carbocycles. The Kier molecular flexibility index (Phi) is 6.76. The van der Waals surface area contributed by atoms with Crippen LogP contribution in [0, 0.1) is 0 Å². The maximum Gasteiger partial charge on any atom is 0.167 e. The summed E-state index contributed by atoms with van der Waals surface area (Å²) in [7, 11) is 0. The lowest BCUT2D eigenvalue weighted by molar-refractivity contribution is 0.669. The summed E-state index contributed by atoms with van der Waals surface area (Å²) in [6, 6.07) is 62.2. The van der Waals surface area contributed by atoms with Gasteiger partial charge in [-0.15, -0.1) is 11.3 Å². The highest BCUT2D eigenvalue weighted by Gasteiger charge is 2.21. The van der Waals surface area contributed by atoms with Gasteiger partial charge in [-0.1, -0.05) is 140 Å². The SMILES string of the molecule is c1ccc(-c2nc(-c3cccc4c3oc3ccccc34)nc(-c3cc(-c4ccc5c6ccccc6c6ccccc6c5c4)cc4sc5ccccc5c34)n2)cc1. The van der Waals surface area contributed by atoms with Crippen molar-refractivity contribution < 1.29 is 4.42 Å². The third-order valence-corrected chi connectivity index (χ3v) is 12.2. The largest absolute Gasteiger partial charge is 0.455 e. The van der Waals surface area contributed by atoms with Crippen LogP contribution in [0.2, 0.25) is 0 Å². The summed E-state index contributed by atoms with van der Waals surface area (Å²) in [6.45, 7) is 0. The maximum absolute atomic E-state index is 6.52. The van der Waals surface area contributed by atoms with Crippen molar-refractivity contribution in [2.24, 2.45) is 0 Å². The molecule has 0 unspecified atom stereocenters. The number of thiophene rings is 1. The summed E-state index contributed by atoms with van der Waals surface area (Å²) >= 11 is 1.81. The average Bonchev–Trinajstić information content (AvgIpc) is 3.85. The van der Waals surface area contributed by atoms with Crippen LogP contribution in [0.3, 0.4) is 0 Å². The first-order valence-corrected chi connectivity index (χ1v) is 19.6. The standard InChI is InChI=1S/C51H29N3OS/c1-2-13-30(14-3-1)49-52-50(41-22-12-21-39-38-19-8-10-23-44(38)55-48(39)41)54-51(53-49)43-28-32(29-46-47(43)40-20-9-11-24-45(40)56-46)31-25-26-37-35-17-5-4-15-33(35)34-16-6-7-18-36(34)42(37)27-31/h1-29H. The van der Waals surface area contributed by atoms with Crippen molar-refractivity contribution in [2.45, 2.75) is 0 Å². The molecule has 3 aromatic heterocycles. The van der Waals surface area contributed by atoms with E-state index in [1.807, 2.05) is 42.5 Å². The molecule has 0 N–H and O–H groups in total. The van der Waals surface area contributed by atoms with Crippen molar-refractivity contribution in [3.63, 3.8) is 0 Å².